The summed E-state index contributed by atoms with van der Waals surface area (Å²) in [6, 6.07) is 1.06. The molecule has 0 radical (unpaired) electrons. The van der Waals surface area contributed by atoms with Gasteiger partial charge in [-0.1, -0.05) is 6.92 Å². The molecular formula is C11H15N3O4S. The lowest BCUT2D eigenvalue weighted by molar-refractivity contribution is -0.389. The Morgan fingerprint density at radius 1 is 1.68 bits per heavy atom. The number of carboxylic acid groups (broad SMARTS) is 1. The van der Waals surface area contributed by atoms with Crippen LogP contribution in [0.1, 0.15) is 23.7 Å². The molecule has 0 aromatic carbocycles. The fraction of sp³-hybridized carbons (Fsp3) is 0.455. The predicted octanol–water partition coefficient (Wildman–Crippen LogP) is 2.24. The molecule has 0 aliphatic carbocycles. The summed E-state index contributed by atoms with van der Waals surface area (Å²) in [7, 11) is 0. The van der Waals surface area contributed by atoms with E-state index in [0.29, 0.717) is 5.69 Å². The first-order chi connectivity index (χ1) is 8.99. The van der Waals surface area contributed by atoms with E-state index in [1.807, 2.05) is 13.2 Å². The minimum Gasteiger partial charge on any atom is -0.478 e. The molecule has 0 spiro atoms. The van der Waals surface area contributed by atoms with Gasteiger partial charge in [0.25, 0.3) is 0 Å². The summed E-state index contributed by atoms with van der Waals surface area (Å²) in [5.41, 5.74) is 0.167. The van der Waals surface area contributed by atoms with E-state index in [1.54, 1.807) is 11.8 Å². The summed E-state index contributed by atoms with van der Waals surface area (Å²) < 4.78 is 0. The monoisotopic (exact) mass is 285 g/mol. The quantitative estimate of drug-likeness (QED) is 0.584. The molecule has 8 heteroatoms. The van der Waals surface area contributed by atoms with Gasteiger partial charge in [-0.15, -0.1) is 0 Å². The van der Waals surface area contributed by atoms with Crippen molar-refractivity contribution in [2.24, 2.45) is 0 Å². The molecule has 1 heterocycles. The van der Waals surface area contributed by atoms with Gasteiger partial charge in [0.1, 0.15) is 0 Å². The van der Waals surface area contributed by atoms with E-state index in [4.69, 9.17) is 5.11 Å². The second-order valence-corrected chi connectivity index (χ2v) is 4.77. The molecule has 0 amide bonds. The first-order valence-corrected chi connectivity index (χ1v) is 7.02. The summed E-state index contributed by atoms with van der Waals surface area (Å²) in [6.07, 6.45) is 3.97. The van der Waals surface area contributed by atoms with Crippen molar-refractivity contribution >= 4 is 29.2 Å². The van der Waals surface area contributed by atoms with E-state index >= 15 is 0 Å². The highest BCUT2D eigenvalue weighted by molar-refractivity contribution is 7.98. The number of aromatic nitrogens is 1. The second-order valence-electron chi connectivity index (χ2n) is 3.86. The number of carboxylic acids is 1. The first kappa shape index (κ1) is 15.2. The SMILES string of the molecule is CCC(CSC)Nc1cnc([N+](=O)[O-])cc1C(=O)O. The highest BCUT2D eigenvalue weighted by Gasteiger charge is 2.19. The number of nitrogens with zero attached hydrogens (tertiary/aromatic N) is 2. The van der Waals surface area contributed by atoms with Crippen LogP contribution in [-0.2, 0) is 0 Å². The molecule has 0 saturated carbocycles. The molecule has 0 fully saturated rings. The van der Waals surface area contributed by atoms with Gasteiger partial charge in [-0.25, -0.2) is 4.79 Å². The Bertz CT molecular complexity index is 481. The lowest BCUT2D eigenvalue weighted by Crippen LogP contribution is -2.22. The number of nitro groups is 1. The van der Waals surface area contributed by atoms with Gasteiger partial charge in [0.15, 0.2) is 6.20 Å². The number of pyridine rings is 1. The number of aromatic carboxylic acids is 1. The number of rotatable bonds is 7. The van der Waals surface area contributed by atoms with Crippen molar-refractivity contribution in [2.75, 3.05) is 17.3 Å². The van der Waals surface area contributed by atoms with Gasteiger partial charge in [-0.3, -0.25) is 0 Å². The third-order valence-corrected chi connectivity index (χ3v) is 3.26. The average Bonchev–Trinajstić information content (AvgIpc) is 2.37. The smallest absolute Gasteiger partial charge is 0.364 e. The maximum absolute atomic E-state index is 11.1. The Kier molecular flexibility index (Phi) is 5.56. The molecule has 1 aromatic heterocycles. The molecule has 0 aliphatic heterocycles. The predicted molar refractivity (Wildman–Crippen MR) is 73.9 cm³/mol. The lowest BCUT2D eigenvalue weighted by Gasteiger charge is -2.17. The Balaban J connectivity index is 3.06. The zero-order valence-electron chi connectivity index (χ0n) is 10.6. The van der Waals surface area contributed by atoms with Crippen molar-refractivity contribution < 1.29 is 14.8 Å². The highest BCUT2D eigenvalue weighted by atomic mass is 32.2. The van der Waals surface area contributed by atoms with Crippen LogP contribution in [0.25, 0.3) is 0 Å². The molecule has 0 saturated heterocycles. The largest absolute Gasteiger partial charge is 0.478 e. The Labute approximate surface area is 114 Å². The van der Waals surface area contributed by atoms with Crippen molar-refractivity contribution in [3.8, 4) is 0 Å². The molecule has 104 valence electrons. The number of carbonyl (C=O) groups is 1. The summed E-state index contributed by atoms with van der Waals surface area (Å²) in [6.45, 7) is 1.98. The second kappa shape index (κ2) is 6.93. The normalized spacial score (nSPS) is 11.9. The molecule has 2 N–H and O–H groups in total. The fourth-order valence-electron chi connectivity index (χ4n) is 1.52. The topological polar surface area (TPSA) is 105 Å². The molecule has 1 rings (SSSR count). The van der Waals surface area contributed by atoms with E-state index in [-0.39, 0.29) is 11.6 Å². The summed E-state index contributed by atoms with van der Waals surface area (Å²) in [5.74, 6) is -0.875. The third kappa shape index (κ3) is 4.09. The van der Waals surface area contributed by atoms with Crippen LogP contribution in [-0.4, -0.2) is 39.0 Å². The van der Waals surface area contributed by atoms with Crippen LogP contribution in [0.4, 0.5) is 11.5 Å². The van der Waals surface area contributed by atoms with Crippen LogP contribution in [0, 0.1) is 10.1 Å². The highest BCUT2D eigenvalue weighted by Crippen LogP contribution is 2.21. The van der Waals surface area contributed by atoms with Crippen molar-refractivity contribution in [1.29, 1.82) is 0 Å². The molecule has 1 aromatic rings. The first-order valence-electron chi connectivity index (χ1n) is 5.62. The summed E-state index contributed by atoms with van der Waals surface area (Å²) in [5, 5.41) is 22.7. The number of hydrogen-bond acceptors (Lipinski definition) is 6. The molecule has 0 aliphatic rings. The van der Waals surface area contributed by atoms with Crippen LogP contribution in [0.3, 0.4) is 0 Å². The van der Waals surface area contributed by atoms with Gasteiger partial charge >= 0.3 is 11.8 Å². The standard InChI is InChI=1S/C11H15N3O4S/c1-3-7(6-19-2)13-9-5-12-10(14(17)18)4-8(9)11(15)16/h4-5,7,13H,3,6H2,1-2H3,(H,15,16). The van der Waals surface area contributed by atoms with Crippen LogP contribution in [0.2, 0.25) is 0 Å². The molecule has 1 unspecified atom stereocenters. The molecule has 0 bridgehead atoms. The Hall–Kier alpha value is -1.83. The maximum atomic E-state index is 11.1. The average molecular weight is 285 g/mol. The van der Waals surface area contributed by atoms with Crippen molar-refractivity contribution in [1.82, 2.24) is 4.98 Å². The van der Waals surface area contributed by atoms with Crippen molar-refractivity contribution in [3.63, 3.8) is 0 Å². The summed E-state index contributed by atoms with van der Waals surface area (Å²) >= 11 is 1.64. The van der Waals surface area contributed by atoms with Gasteiger partial charge in [0, 0.05) is 11.8 Å². The van der Waals surface area contributed by atoms with E-state index in [9.17, 15) is 14.9 Å². The minimum atomic E-state index is -1.22. The number of nitrogens with one attached hydrogen (secondary N) is 1. The molecule has 19 heavy (non-hydrogen) atoms. The van der Waals surface area contributed by atoms with E-state index < -0.39 is 16.7 Å². The van der Waals surface area contributed by atoms with Gasteiger partial charge < -0.3 is 20.5 Å². The Morgan fingerprint density at radius 3 is 2.84 bits per heavy atom. The molecule has 7 nitrogen and oxygen atoms in total. The summed E-state index contributed by atoms with van der Waals surface area (Å²) in [4.78, 5) is 24.6. The molecular weight excluding hydrogens is 270 g/mol. The van der Waals surface area contributed by atoms with Crippen LogP contribution in [0.15, 0.2) is 12.3 Å². The van der Waals surface area contributed by atoms with E-state index in [0.717, 1.165) is 18.2 Å². The molecule has 1 atom stereocenters. The van der Waals surface area contributed by atoms with E-state index in [2.05, 4.69) is 10.3 Å². The Morgan fingerprint density at radius 2 is 2.37 bits per heavy atom. The van der Waals surface area contributed by atoms with Crippen LogP contribution >= 0.6 is 11.8 Å². The minimum absolute atomic E-state index is 0.0938. The third-order valence-electron chi connectivity index (χ3n) is 2.53. The van der Waals surface area contributed by atoms with Crippen molar-refractivity contribution in [2.45, 2.75) is 19.4 Å². The van der Waals surface area contributed by atoms with Gasteiger partial charge in [0.05, 0.1) is 17.3 Å². The van der Waals surface area contributed by atoms with E-state index in [1.165, 1.54) is 6.20 Å². The zero-order valence-corrected chi connectivity index (χ0v) is 11.4. The van der Waals surface area contributed by atoms with Gasteiger partial charge in [-0.2, -0.15) is 11.8 Å². The number of anilines is 1. The van der Waals surface area contributed by atoms with Crippen molar-refractivity contribution in [3.05, 3.63) is 27.9 Å². The van der Waals surface area contributed by atoms with Gasteiger partial charge in [0.2, 0.25) is 0 Å². The fourth-order valence-corrected chi connectivity index (χ4v) is 2.24. The number of hydrogen-bond donors (Lipinski definition) is 2. The lowest BCUT2D eigenvalue weighted by atomic mass is 10.2. The van der Waals surface area contributed by atoms with Crippen LogP contribution in [0.5, 0.6) is 0 Å². The number of thioether (sulfide) groups is 1. The van der Waals surface area contributed by atoms with Gasteiger partial charge in [-0.05, 0) is 22.6 Å². The van der Waals surface area contributed by atoms with Crippen LogP contribution < -0.4 is 5.32 Å². The maximum Gasteiger partial charge on any atom is 0.364 e. The zero-order chi connectivity index (χ0) is 14.4.